The lowest BCUT2D eigenvalue weighted by Crippen LogP contribution is -2.48. The Morgan fingerprint density at radius 2 is 1.68 bits per heavy atom. The molecule has 0 radical (unpaired) electrons. The summed E-state index contributed by atoms with van der Waals surface area (Å²) in [5, 5.41) is 2.90. The molecule has 0 atom stereocenters. The first-order chi connectivity index (χ1) is 12.0. The monoisotopic (exact) mass is 365 g/mol. The van der Waals surface area contributed by atoms with Crippen molar-refractivity contribution in [3.05, 3.63) is 59.1 Å². The van der Waals surface area contributed by atoms with E-state index in [0.717, 1.165) is 18.8 Å². The Balaban J connectivity index is 1.50. The lowest BCUT2D eigenvalue weighted by Gasteiger charge is -2.35. The maximum Gasteiger partial charge on any atom is 0.238 e. The molecule has 0 unspecified atom stereocenters. The van der Waals surface area contributed by atoms with Gasteiger partial charge in [0.2, 0.25) is 5.91 Å². The normalized spacial score (nSPS) is 15.2. The Bertz CT molecular complexity index is 726. The van der Waals surface area contributed by atoms with E-state index >= 15 is 0 Å². The molecule has 7 heteroatoms. The fourth-order valence-electron chi connectivity index (χ4n) is 2.85. The highest BCUT2D eigenvalue weighted by atomic mass is 35.5. The van der Waals surface area contributed by atoms with Gasteiger partial charge in [0, 0.05) is 42.6 Å². The molecule has 0 saturated carbocycles. The van der Waals surface area contributed by atoms with Gasteiger partial charge in [-0.05, 0) is 42.5 Å². The fraction of sp³-hybridized carbons (Fsp3) is 0.278. The van der Waals surface area contributed by atoms with Crippen molar-refractivity contribution in [2.24, 2.45) is 0 Å². The quantitative estimate of drug-likeness (QED) is 0.902. The van der Waals surface area contributed by atoms with Crippen LogP contribution in [0.3, 0.4) is 0 Å². The summed E-state index contributed by atoms with van der Waals surface area (Å²) in [7, 11) is 0. The van der Waals surface area contributed by atoms with Crippen LogP contribution in [0.5, 0.6) is 0 Å². The predicted molar refractivity (Wildman–Crippen MR) is 95.1 cm³/mol. The molecule has 2 aromatic carbocycles. The Morgan fingerprint density at radius 1 is 1.00 bits per heavy atom. The molecule has 4 nitrogen and oxygen atoms in total. The number of anilines is 2. The van der Waals surface area contributed by atoms with E-state index in [-0.39, 0.29) is 23.3 Å². The molecule has 0 bridgehead atoms. The van der Waals surface area contributed by atoms with E-state index in [2.05, 4.69) is 10.2 Å². The third-order valence-electron chi connectivity index (χ3n) is 4.08. The molecule has 0 aromatic heterocycles. The number of benzene rings is 2. The largest absolute Gasteiger partial charge is 0.369 e. The number of carbonyl (C=O) groups excluding carboxylic acids is 1. The summed E-state index contributed by atoms with van der Waals surface area (Å²) in [5.41, 5.74) is 1.32. The van der Waals surface area contributed by atoms with Gasteiger partial charge < -0.3 is 10.2 Å². The average Bonchev–Trinajstić information content (AvgIpc) is 2.55. The van der Waals surface area contributed by atoms with Crippen molar-refractivity contribution in [1.82, 2.24) is 4.90 Å². The molecule has 132 valence electrons. The minimum absolute atomic E-state index is 0.211. The van der Waals surface area contributed by atoms with Crippen LogP contribution in [0, 0.1) is 11.6 Å². The van der Waals surface area contributed by atoms with Crippen LogP contribution in [-0.4, -0.2) is 43.5 Å². The molecule has 1 N–H and O–H groups in total. The highest BCUT2D eigenvalue weighted by Crippen LogP contribution is 2.19. The van der Waals surface area contributed by atoms with E-state index in [1.165, 1.54) is 30.3 Å². The van der Waals surface area contributed by atoms with Crippen molar-refractivity contribution >= 4 is 28.9 Å². The second-order valence-corrected chi connectivity index (χ2v) is 6.38. The van der Waals surface area contributed by atoms with Gasteiger partial charge in [0.15, 0.2) is 0 Å². The van der Waals surface area contributed by atoms with E-state index in [1.54, 1.807) is 12.1 Å². The van der Waals surface area contributed by atoms with E-state index in [1.807, 2.05) is 4.90 Å². The zero-order chi connectivity index (χ0) is 17.8. The molecule has 0 aliphatic carbocycles. The summed E-state index contributed by atoms with van der Waals surface area (Å²) in [6.07, 6.45) is 0. The van der Waals surface area contributed by atoms with Gasteiger partial charge in [0.05, 0.1) is 6.54 Å². The first-order valence-electron chi connectivity index (χ1n) is 7.98. The number of halogens is 3. The summed E-state index contributed by atoms with van der Waals surface area (Å²) < 4.78 is 26.3. The minimum Gasteiger partial charge on any atom is -0.369 e. The van der Waals surface area contributed by atoms with Gasteiger partial charge >= 0.3 is 0 Å². The van der Waals surface area contributed by atoms with Crippen LogP contribution < -0.4 is 10.2 Å². The van der Waals surface area contributed by atoms with Crippen molar-refractivity contribution in [3.8, 4) is 0 Å². The molecule has 1 amide bonds. The fourth-order valence-corrected chi connectivity index (χ4v) is 3.07. The number of carbonyl (C=O) groups is 1. The number of rotatable bonds is 4. The highest BCUT2D eigenvalue weighted by molar-refractivity contribution is 6.30. The molecule has 25 heavy (non-hydrogen) atoms. The lowest BCUT2D eigenvalue weighted by atomic mass is 10.2. The van der Waals surface area contributed by atoms with Crippen LogP contribution in [0.15, 0.2) is 42.5 Å². The number of piperazine rings is 1. The molecule has 1 heterocycles. The molecule has 1 fully saturated rings. The first-order valence-corrected chi connectivity index (χ1v) is 8.36. The van der Waals surface area contributed by atoms with E-state index < -0.39 is 5.82 Å². The van der Waals surface area contributed by atoms with E-state index in [4.69, 9.17) is 11.6 Å². The summed E-state index contributed by atoms with van der Waals surface area (Å²) in [6, 6.07) is 10.3. The van der Waals surface area contributed by atoms with Crippen LogP contribution in [0.2, 0.25) is 5.02 Å². The summed E-state index contributed by atoms with van der Waals surface area (Å²) >= 11 is 5.78. The first kappa shape index (κ1) is 17.6. The molecule has 2 aromatic rings. The van der Waals surface area contributed by atoms with Crippen LogP contribution in [-0.2, 0) is 4.79 Å². The Hall–Kier alpha value is -2.18. The molecular weight excluding hydrogens is 348 g/mol. The molecule has 1 aliphatic rings. The van der Waals surface area contributed by atoms with Crippen molar-refractivity contribution in [3.63, 3.8) is 0 Å². The Labute approximate surface area is 150 Å². The number of amides is 1. The lowest BCUT2D eigenvalue weighted by molar-refractivity contribution is -0.117. The third kappa shape index (κ3) is 4.90. The van der Waals surface area contributed by atoms with Crippen LogP contribution >= 0.6 is 11.6 Å². The van der Waals surface area contributed by atoms with Gasteiger partial charge in [0.1, 0.15) is 11.6 Å². The molecule has 1 aliphatic heterocycles. The molecule has 0 spiro atoms. The van der Waals surface area contributed by atoms with Gasteiger partial charge in [0.25, 0.3) is 0 Å². The molecule has 1 saturated heterocycles. The van der Waals surface area contributed by atoms with Gasteiger partial charge in [-0.15, -0.1) is 0 Å². The van der Waals surface area contributed by atoms with Crippen molar-refractivity contribution in [1.29, 1.82) is 0 Å². The zero-order valence-corrected chi connectivity index (χ0v) is 14.3. The van der Waals surface area contributed by atoms with Crippen molar-refractivity contribution in [2.75, 3.05) is 42.9 Å². The minimum atomic E-state index is -0.490. The van der Waals surface area contributed by atoms with Gasteiger partial charge in [-0.3, -0.25) is 9.69 Å². The Morgan fingerprint density at radius 3 is 2.32 bits per heavy atom. The topological polar surface area (TPSA) is 35.6 Å². The highest BCUT2D eigenvalue weighted by Gasteiger charge is 2.19. The number of hydrogen-bond donors (Lipinski definition) is 1. The van der Waals surface area contributed by atoms with Gasteiger partial charge in [-0.1, -0.05) is 11.6 Å². The SMILES string of the molecule is O=C(CN1CCN(c2ccc(F)cc2)CC1)Nc1cc(F)cc(Cl)c1. The molecule has 3 rings (SSSR count). The zero-order valence-electron chi connectivity index (χ0n) is 13.5. The summed E-state index contributed by atoms with van der Waals surface area (Å²) in [6.45, 7) is 3.17. The number of nitrogens with one attached hydrogen (secondary N) is 1. The summed E-state index contributed by atoms with van der Waals surface area (Å²) in [5.74, 6) is -0.955. The van der Waals surface area contributed by atoms with Crippen molar-refractivity contribution < 1.29 is 13.6 Å². The number of nitrogens with zero attached hydrogens (tertiary/aromatic N) is 2. The van der Waals surface area contributed by atoms with Crippen LogP contribution in [0.1, 0.15) is 0 Å². The standard InChI is InChI=1S/C18H18ClF2N3O/c19-13-9-15(21)11-16(10-13)22-18(25)12-23-5-7-24(8-6-23)17-3-1-14(20)2-4-17/h1-4,9-11H,5-8,12H2,(H,22,25). The predicted octanol–water partition coefficient (Wildman–Crippen LogP) is 3.38. The average molecular weight is 366 g/mol. The maximum absolute atomic E-state index is 13.3. The second kappa shape index (κ2) is 7.80. The van der Waals surface area contributed by atoms with Crippen LogP contribution in [0.25, 0.3) is 0 Å². The van der Waals surface area contributed by atoms with Crippen LogP contribution in [0.4, 0.5) is 20.2 Å². The second-order valence-electron chi connectivity index (χ2n) is 5.95. The van der Waals surface area contributed by atoms with E-state index in [9.17, 15) is 13.6 Å². The third-order valence-corrected chi connectivity index (χ3v) is 4.30. The van der Waals surface area contributed by atoms with Gasteiger partial charge in [-0.2, -0.15) is 0 Å². The van der Waals surface area contributed by atoms with Gasteiger partial charge in [-0.25, -0.2) is 8.78 Å². The summed E-state index contributed by atoms with van der Waals surface area (Å²) in [4.78, 5) is 16.3. The molecular formula is C18H18ClF2N3O. The Kier molecular flexibility index (Phi) is 5.50. The van der Waals surface area contributed by atoms with E-state index in [0.29, 0.717) is 18.8 Å². The van der Waals surface area contributed by atoms with Crippen molar-refractivity contribution in [2.45, 2.75) is 0 Å². The number of hydrogen-bond acceptors (Lipinski definition) is 3. The smallest absolute Gasteiger partial charge is 0.238 e. The maximum atomic E-state index is 13.3.